The Hall–Kier alpha value is -4.38. The van der Waals surface area contributed by atoms with Crippen LogP contribution in [0.25, 0.3) is 0 Å². The third kappa shape index (κ3) is 18.8. The van der Waals surface area contributed by atoms with Crippen molar-refractivity contribution in [1.29, 1.82) is 0 Å². The summed E-state index contributed by atoms with van der Waals surface area (Å²) in [6.45, 7) is 0. The van der Waals surface area contributed by atoms with E-state index in [0.717, 1.165) is 0 Å². The first-order valence-electron chi connectivity index (χ1n) is 11.3. The van der Waals surface area contributed by atoms with E-state index in [1.54, 1.807) is 72.8 Å². The van der Waals surface area contributed by atoms with E-state index in [-0.39, 0.29) is 37.5 Å². The minimum absolute atomic E-state index is 0. The minimum atomic E-state index is -0.407. The van der Waals surface area contributed by atoms with Crippen LogP contribution in [0.2, 0.25) is 0 Å². The maximum Gasteiger partial charge on any atom is 0.276 e. The Balaban J connectivity index is 0. The Morgan fingerprint density at radius 2 is 1.29 bits per heavy atom. The Morgan fingerprint density at radius 1 is 0.786 bits per heavy atom. The summed E-state index contributed by atoms with van der Waals surface area (Å²) in [5.41, 5.74) is 12.5. The number of rotatable bonds is 4. The van der Waals surface area contributed by atoms with Crippen LogP contribution in [-0.2, 0) is 0 Å². The van der Waals surface area contributed by atoms with Gasteiger partial charge in [0.05, 0.1) is 0 Å². The Bertz CT molecular complexity index is 1390. The zero-order chi connectivity index (χ0) is 29.8. The molecular weight excluding hydrogens is 598 g/mol. The van der Waals surface area contributed by atoms with Gasteiger partial charge in [-0.1, -0.05) is 87.7 Å². The molecule has 0 unspecified atom stereocenters. The predicted octanol–water partition coefficient (Wildman–Crippen LogP) is 8.12. The molecule has 0 fully saturated rings. The monoisotopic (exact) mass is 630 g/mol. The first-order valence-corrected chi connectivity index (χ1v) is 12.5. The van der Waals surface area contributed by atoms with Crippen molar-refractivity contribution >= 4 is 75.3 Å². The number of halogens is 3. The summed E-state index contributed by atoms with van der Waals surface area (Å²) in [6, 6.07) is 29.4. The van der Waals surface area contributed by atoms with Crippen molar-refractivity contribution in [1.82, 2.24) is 0 Å². The van der Waals surface area contributed by atoms with E-state index in [0.29, 0.717) is 22.5 Å². The predicted molar refractivity (Wildman–Crippen MR) is 181 cm³/mol. The number of nitrogens with two attached hydrogens (primary N) is 2. The van der Waals surface area contributed by atoms with Crippen molar-refractivity contribution in [2.75, 3.05) is 11.1 Å². The van der Waals surface area contributed by atoms with E-state index < -0.39 is 5.24 Å². The molecular formula is C31H33ClF2N4O2S2. The fourth-order valence-corrected chi connectivity index (χ4v) is 2.84. The van der Waals surface area contributed by atoms with Crippen LogP contribution < -0.4 is 16.8 Å². The summed E-state index contributed by atoms with van der Waals surface area (Å²) >= 11 is 14.2. The number of amides is 1. The molecule has 1 amide bonds. The van der Waals surface area contributed by atoms with Crippen molar-refractivity contribution < 1.29 is 18.4 Å². The van der Waals surface area contributed by atoms with Gasteiger partial charge < -0.3 is 16.8 Å². The van der Waals surface area contributed by atoms with Crippen LogP contribution >= 0.6 is 36.0 Å². The number of nitrogens with one attached hydrogen (secondary N) is 1. The van der Waals surface area contributed by atoms with Crippen molar-refractivity contribution in [3.05, 3.63) is 132 Å². The maximum atomic E-state index is 12.5. The summed E-state index contributed by atoms with van der Waals surface area (Å²) < 4.78 is 24.6. The molecule has 0 aliphatic carbocycles. The van der Waals surface area contributed by atoms with Gasteiger partial charge in [0.15, 0.2) is 5.11 Å². The van der Waals surface area contributed by atoms with E-state index in [2.05, 4.69) is 34.7 Å². The summed E-state index contributed by atoms with van der Waals surface area (Å²) in [7, 11) is 0. The SMILES string of the molecule is C.C.NC(=S)Nc1cccc(F)c1.Nc1cccc(F)c1.O=C(Cl)c1ccccc1.O=C(N=CC=S)c1ccccc1. The fraction of sp³-hybridized carbons (Fsp3) is 0.0645. The largest absolute Gasteiger partial charge is 0.399 e. The fourth-order valence-electron chi connectivity index (χ4n) is 2.54. The molecule has 0 atom stereocenters. The van der Waals surface area contributed by atoms with Crippen molar-refractivity contribution in [2.24, 2.45) is 10.7 Å². The molecule has 0 bridgehead atoms. The van der Waals surface area contributed by atoms with E-state index in [9.17, 15) is 18.4 Å². The molecule has 0 aromatic heterocycles. The Kier molecular flexibility index (Phi) is 22.1. The summed E-state index contributed by atoms with van der Waals surface area (Å²) in [4.78, 5) is 25.1. The molecule has 0 spiro atoms. The van der Waals surface area contributed by atoms with Gasteiger partial charge in [-0.05, 0) is 72.3 Å². The highest BCUT2D eigenvalue weighted by molar-refractivity contribution is 7.80. The number of aliphatic imine (C=N–C) groups is 1. The van der Waals surface area contributed by atoms with Crippen LogP contribution in [0.3, 0.4) is 0 Å². The zero-order valence-electron chi connectivity index (χ0n) is 20.9. The van der Waals surface area contributed by atoms with Gasteiger partial charge in [-0.2, -0.15) is 0 Å². The summed E-state index contributed by atoms with van der Waals surface area (Å²) in [5.74, 6) is -0.868. The number of hydrogen-bond acceptors (Lipinski definition) is 5. The van der Waals surface area contributed by atoms with Crippen molar-refractivity contribution in [3.8, 4) is 0 Å². The van der Waals surface area contributed by atoms with Gasteiger partial charge in [-0.15, -0.1) is 0 Å². The van der Waals surface area contributed by atoms with Crippen LogP contribution in [0.5, 0.6) is 0 Å². The van der Waals surface area contributed by atoms with E-state index in [4.69, 9.17) is 23.1 Å². The first-order chi connectivity index (χ1) is 19.1. The van der Waals surface area contributed by atoms with Gasteiger partial charge in [-0.25, -0.2) is 13.8 Å². The number of carbonyl (C=O) groups is 2. The lowest BCUT2D eigenvalue weighted by Crippen LogP contribution is -2.18. The number of carbonyl (C=O) groups excluding carboxylic acids is 2. The molecule has 42 heavy (non-hydrogen) atoms. The second-order valence-electron chi connectivity index (χ2n) is 7.28. The molecule has 0 saturated carbocycles. The number of anilines is 2. The quantitative estimate of drug-likeness (QED) is 0.0903. The van der Waals surface area contributed by atoms with Crippen LogP contribution in [0, 0.1) is 11.6 Å². The van der Waals surface area contributed by atoms with Crippen LogP contribution in [0.4, 0.5) is 20.2 Å². The normalized spacial score (nSPS) is 8.93. The van der Waals surface area contributed by atoms with Crippen LogP contribution in [0.15, 0.2) is 114 Å². The van der Waals surface area contributed by atoms with Gasteiger partial charge in [0.25, 0.3) is 11.1 Å². The highest BCUT2D eigenvalue weighted by Crippen LogP contribution is 2.08. The van der Waals surface area contributed by atoms with Gasteiger partial charge in [0.1, 0.15) is 11.6 Å². The molecule has 6 nitrogen and oxygen atoms in total. The molecule has 0 aliphatic heterocycles. The second kappa shape index (κ2) is 23.3. The maximum absolute atomic E-state index is 12.5. The summed E-state index contributed by atoms with van der Waals surface area (Å²) in [5, 5.41) is 3.65. The minimum Gasteiger partial charge on any atom is -0.399 e. The van der Waals surface area contributed by atoms with Gasteiger partial charge in [0, 0.05) is 34.1 Å². The van der Waals surface area contributed by atoms with Crippen LogP contribution in [-0.4, -0.2) is 27.8 Å². The Labute approximate surface area is 261 Å². The molecule has 0 aliphatic rings. The molecule has 4 aromatic rings. The highest BCUT2D eigenvalue weighted by Gasteiger charge is 1.99. The molecule has 0 saturated heterocycles. The second-order valence-corrected chi connectivity index (χ2v) is 8.34. The molecule has 5 N–H and O–H groups in total. The lowest BCUT2D eigenvalue weighted by atomic mass is 10.2. The van der Waals surface area contributed by atoms with Crippen LogP contribution in [0.1, 0.15) is 35.6 Å². The number of thiocarbonyl (C=S) groups is 2. The van der Waals surface area contributed by atoms with E-state index >= 15 is 0 Å². The average molecular weight is 631 g/mol. The lowest BCUT2D eigenvalue weighted by molar-refractivity contribution is 0.100. The standard InChI is InChI=1S/C9H7NOS.C7H5ClO.C7H7FN2S.C6H6FN.2CH4/c11-9(10-6-7-12)8-4-2-1-3-5-8;8-7(9)6-4-2-1-3-5-6;8-5-2-1-3-6(4-5)10-7(9)11;7-5-2-1-3-6(8)4-5;;/h1-7H;1-5H;1-4H,(H3,9,10,11);1-4H,8H2;2*1H4. The molecule has 11 heteroatoms. The number of benzene rings is 4. The topological polar surface area (TPSA) is 111 Å². The molecule has 222 valence electrons. The van der Waals surface area contributed by atoms with E-state index in [1.165, 1.54) is 35.8 Å². The third-order valence-corrected chi connectivity index (χ3v) is 4.66. The van der Waals surface area contributed by atoms with Gasteiger partial charge >= 0.3 is 0 Å². The summed E-state index contributed by atoms with van der Waals surface area (Å²) in [6.07, 6.45) is 1.31. The first kappa shape index (κ1) is 39.8. The molecule has 4 aromatic carbocycles. The van der Waals surface area contributed by atoms with E-state index in [1.807, 2.05) is 12.1 Å². The third-order valence-electron chi connectivity index (χ3n) is 4.21. The van der Waals surface area contributed by atoms with Gasteiger partial charge in [-0.3, -0.25) is 9.59 Å². The molecule has 4 rings (SSSR count). The number of hydrogen-bond donors (Lipinski definition) is 3. The average Bonchev–Trinajstić information content (AvgIpc) is 2.93. The number of nitrogen functional groups attached to an aromatic ring is 1. The highest BCUT2D eigenvalue weighted by atomic mass is 35.5. The lowest BCUT2D eigenvalue weighted by Gasteiger charge is -2.01. The molecule has 0 heterocycles. The van der Waals surface area contributed by atoms with Crippen molar-refractivity contribution in [3.63, 3.8) is 0 Å². The van der Waals surface area contributed by atoms with Crippen molar-refractivity contribution in [2.45, 2.75) is 14.9 Å². The molecule has 0 radical (unpaired) electrons. The van der Waals surface area contributed by atoms with Gasteiger partial charge in [0.2, 0.25) is 0 Å². The zero-order valence-corrected chi connectivity index (χ0v) is 23.3. The smallest absolute Gasteiger partial charge is 0.276 e. The number of nitrogens with zero attached hydrogens (tertiary/aromatic N) is 1. The Morgan fingerprint density at radius 3 is 1.67 bits per heavy atom.